The Morgan fingerprint density at radius 3 is 1.56 bits per heavy atom. The molecule has 4 N–H and O–H groups in total. The van der Waals surface area contributed by atoms with Crippen LogP contribution >= 0.6 is 0 Å². The maximum atomic E-state index is 9.94. The van der Waals surface area contributed by atoms with Crippen molar-refractivity contribution in [2.24, 2.45) is 5.73 Å². The second-order valence-electron chi connectivity index (χ2n) is 5.97. The standard InChI is InChI=1S/C14H27O.C4H7NO4.K/c1-2-3-4-5-6-7-8-9-10-11-12-13-14-15;5-2(4(8)9)1-3(6)7;/h2-13H2,1H3;2H,1,5H2,(H,6,7)(H,8,9);/q-1;;+1. The summed E-state index contributed by atoms with van der Waals surface area (Å²) >= 11 is 0. The average molecular weight is 384 g/mol. The third-order valence-electron chi connectivity index (χ3n) is 3.59. The Labute approximate surface area is 194 Å². The van der Waals surface area contributed by atoms with Gasteiger partial charge in [0, 0.05) is 0 Å². The average Bonchev–Trinajstić information content (AvgIpc) is 2.52. The number of carboxylic acid groups (broad SMARTS) is 2. The minimum Gasteiger partial charge on any atom is -0.542 e. The summed E-state index contributed by atoms with van der Waals surface area (Å²) in [5, 5.41) is 16.0. The van der Waals surface area contributed by atoms with Gasteiger partial charge in [0.2, 0.25) is 0 Å². The van der Waals surface area contributed by atoms with E-state index < -0.39 is 24.4 Å². The number of carbonyl (C=O) groups excluding carboxylic acids is 1. The van der Waals surface area contributed by atoms with Gasteiger partial charge in [0.1, 0.15) is 6.04 Å². The molecule has 7 heteroatoms. The van der Waals surface area contributed by atoms with E-state index >= 15 is 0 Å². The summed E-state index contributed by atoms with van der Waals surface area (Å²) < 4.78 is 0. The van der Waals surface area contributed by atoms with Gasteiger partial charge in [0.15, 0.2) is 0 Å². The van der Waals surface area contributed by atoms with Crippen molar-refractivity contribution in [3.8, 4) is 0 Å². The molecule has 6 nitrogen and oxygen atoms in total. The summed E-state index contributed by atoms with van der Waals surface area (Å²) in [6.07, 6.45) is 16.8. The first kappa shape index (κ1) is 30.0. The van der Waals surface area contributed by atoms with E-state index in [-0.39, 0.29) is 51.4 Å². The summed E-state index contributed by atoms with van der Waals surface area (Å²) in [5.74, 6) is -2.50. The van der Waals surface area contributed by atoms with E-state index in [4.69, 9.17) is 15.9 Å². The molecule has 0 bridgehead atoms. The van der Waals surface area contributed by atoms with Crippen LogP contribution in [-0.2, 0) is 14.4 Å². The zero-order valence-electron chi connectivity index (χ0n) is 16.0. The van der Waals surface area contributed by atoms with Crippen LogP contribution in [0, 0.1) is 0 Å². The van der Waals surface area contributed by atoms with Crippen molar-refractivity contribution in [2.75, 3.05) is 0 Å². The molecule has 1 unspecified atom stereocenters. The van der Waals surface area contributed by atoms with Crippen LogP contribution in [0.4, 0.5) is 0 Å². The van der Waals surface area contributed by atoms with Gasteiger partial charge in [-0.05, 0) is 0 Å². The van der Waals surface area contributed by atoms with Crippen molar-refractivity contribution < 1.29 is 76.0 Å². The Balaban J connectivity index is -0.000000418. The van der Waals surface area contributed by atoms with E-state index in [0.717, 1.165) is 6.42 Å². The van der Waals surface area contributed by atoms with Crippen molar-refractivity contribution in [3.63, 3.8) is 0 Å². The molecule has 0 aromatic carbocycles. The molecule has 0 spiro atoms. The van der Waals surface area contributed by atoms with Crippen LogP contribution < -0.4 is 57.1 Å². The maximum Gasteiger partial charge on any atom is 1.00 e. The van der Waals surface area contributed by atoms with Gasteiger partial charge >= 0.3 is 63.3 Å². The van der Waals surface area contributed by atoms with Crippen molar-refractivity contribution >= 4 is 18.2 Å². The van der Waals surface area contributed by atoms with Crippen LogP contribution in [0.1, 0.15) is 90.4 Å². The van der Waals surface area contributed by atoms with Crippen molar-refractivity contribution in [1.29, 1.82) is 0 Å². The third kappa shape index (κ3) is 29.2. The molecule has 0 saturated carbocycles. The third-order valence-corrected chi connectivity index (χ3v) is 3.59. The predicted octanol–water partition coefficient (Wildman–Crippen LogP) is 0.674. The molecule has 0 rings (SSSR count). The Hall–Kier alpha value is 0.206. The molecule has 0 radical (unpaired) electrons. The largest absolute Gasteiger partial charge is 1.00 e. The van der Waals surface area contributed by atoms with Gasteiger partial charge in [-0.1, -0.05) is 77.6 Å². The molecule has 0 amide bonds. The number of carbonyl (C=O) groups is 2. The van der Waals surface area contributed by atoms with Gasteiger partial charge in [0.05, 0.1) is 6.42 Å². The molecular weight excluding hydrogens is 349 g/mol. The number of unbranched alkanes of at least 4 members (excludes halogenated alkanes) is 11. The first-order valence-electron chi connectivity index (χ1n) is 9.00. The molecule has 25 heavy (non-hydrogen) atoms. The monoisotopic (exact) mass is 383 g/mol. The smallest absolute Gasteiger partial charge is 0.542 e. The second kappa shape index (κ2) is 24.2. The SMILES string of the molecule is CCCCCCCCCCCCC[C-]=O.NC(CC(=O)O)C(=O)O.[K+]. The normalized spacial score (nSPS) is 10.8. The van der Waals surface area contributed by atoms with Crippen LogP contribution in [0.25, 0.3) is 0 Å². The number of hydrogen-bond acceptors (Lipinski definition) is 4. The molecule has 0 heterocycles. The van der Waals surface area contributed by atoms with Crippen LogP contribution in [0.15, 0.2) is 0 Å². The van der Waals surface area contributed by atoms with Gasteiger partial charge in [-0.3, -0.25) is 15.9 Å². The quantitative estimate of drug-likeness (QED) is 0.217. The fourth-order valence-corrected chi connectivity index (χ4v) is 2.14. The number of hydrogen-bond donors (Lipinski definition) is 3. The summed E-state index contributed by atoms with van der Waals surface area (Å²) in [7, 11) is 0. The molecule has 0 aliphatic rings. The van der Waals surface area contributed by atoms with E-state index in [0.29, 0.717) is 6.42 Å². The maximum absolute atomic E-state index is 9.94. The van der Waals surface area contributed by atoms with E-state index in [1.165, 1.54) is 64.2 Å². The number of aliphatic carboxylic acids is 2. The zero-order chi connectivity index (χ0) is 18.6. The first-order valence-corrected chi connectivity index (χ1v) is 9.00. The molecular formula is C18H34KNO5. The van der Waals surface area contributed by atoms with E-state index in [2.05, 4.69) is 6.92 Å². The van der Waals surface area contributed by atoms with Crippen LogP contribution in [-0.4, -0.2) is 34.5 Å². The Morgan fingerprint density at radius 2 is 1.28 bits per heavy atom. The van der Waals surface area contributed by atoms with Crippen molar-refractivity contribution in [2.45, 2.75) is 96.4 Å². The van der Waals surface area contributed by atoms with Gasteiger partial charge in [-0.25, -0.2) is 0 Å². The molecule has 0 aliphatic carbocycles. The molecule has 0 aliphatic heterocycles. The number of nitrogens with two attached hydrogens (primary N) is 1. The summed E-state index contributed by atoms with van der Waals surface area (Å²) in [5.41, 5.74) is 4.84. The van der Waals surface area contributed by atoms with Gasteiger partial charge in [0.25, 0.3) is 0 Å². The van der Waals surface area contributed by atoms with Gasteiger partial charge < -0.3 is 20.7 Å². The van der Waals surface area contributed by atoms with Crippen LogP contribution in [0.5, 0.6) is 0 Å². The minimum absolute atomic E-state index is 0. The molecule has 142 valence electrons. The second-order valence-corrected chi connectivity index (χ2v) is 5.97. The van der Waals surface area contributed by atoms with Crippen molar-refractivity contribution in [1.82, 2.24) is 0 Å². The number of carboxylic acids is 2. The summed E-state index contributed by atoms with van der Waals surface area (Å²) in [4.78, 5) is 29.6. The Kier molecular flexibility index (Phi) is 29.0. The van der Waals surface area contributed by atoms with Gasteiger partial charge in [-0.2, -0.15) is 6.42 Å². The molecule has 1 atom stereocenters. The molecule has 0 fully saturated rings. The fraction of sp³-hybridized carbons (Fsp3) is 0.833. The Bertz CT molecular complexity index is 327. The van der Waals surface area contributed by atoms with E-state index in [1.54, 1.807) is 0 Å². The zero-order valence-corrected chi connectivity index (χ0v) is 19.1. The number of rotatable bonds is 15. The predicted molar refractivity (Wildman–Crippen MR) is 94.6 cm³/mol. The van der Waals surface area contributed by atoms with Gasteiger partial charge in [-0.15, -0.1) is 0 Å². The van der Waals surface area contributed by atoms with Crippen LogP contribution in [0.2, 0.25) is 0 Å². The fourth-order valence-electron chi connectivity index (χ4n) is 2.14. The minimum atomic E-state index is -1.29. The molecule has 0 saturated heterocycles. The Morgan fingerprint density at radius 1 is 0.880 bits per heavy atom. The summed E-state index contributed by atoms with van der Waals surface area (Å²) in [6.45, 7) is 2.26. The van der Waals surface area contributed by atoms with Crippen molar-refractivity contribution in [3.05, 3.63) is 0 Å². The van der Waals surface area contributed by atoms with E-state index in [1.807, 2.05) is 6.29 Å². The topological polar surface area (TPSA) is 118 Å². The molecule has 0 aromatic rings. The summed E-state index contributed by atoms with van der Waals surface area (Å²) in [6, 6.07) is -1.29. The molecule has 0 aromatic heterocycles. The first-order chi connectivity index (χ1) is 11.5. The van der Waals surface area contributed by atoms with Crippen LogP contribution in [0.3, 0.4) is 0 Å². The van der Waals surface area contributed by atoms with E-state index in [9.17, 15) is 14.4 Å².